The quantitative estimate of drug-likeness (QED) is 0.508. The minimum atomic E-state index is -0.150. The number of imidazole rings is 1. The van der Waals surface area contributed by atoms with Crippen molar-refractivity contribution in [2.75, 3.05) is 0 Å². The fraction of sp³-hybridized carbons (Fsp3) is 0.143. The number of hydrogen-bond donors (Lipinski definition) is 1. The van der Waals surface area contributed by atoms with E-state index in [1.807, 2.05) is 77.5 Å². The SMILES string of the molecule is C[C@H](NC(=O)Cc1csc2nc(-c3ccccc3)cn12)c1ccccc1Cl. The monoisotopic (exact) mass is 395 g/mol. The molecule has 0 aliphatic rings. The van der Waals surface area contributed by atoms with Gasteiger partial charge in [0, 0.05) is 27.9 Å². The molecule has 1 N–H and O–H groups in total. The highest BCUT2D eigenvalue weighted by atomic mass is 35.5. The Bertz CT molecular complexity index is 1090. The number of nitrogens with zero attached hydrogens (tertiary/aromatic N) is 2. The van der Waals surface area contributed by atoms with Crippen LogP contribution in [0.3, 0.4) is 0 Å². The lowest BCUT2D eigenvalue weighted by molar-refractivity contribution is -0.121. The zero-order valence-corrected chi connectivity index (χ0v) is 16.3. The number of carbonyl (C=O) groups is 1. The molecule has 0 radical (unpaired) electrons. The molecular weight excluding hydrogens is 378 g/mol. The number of fused-ring (bicyclic) bond motifs is 1. The Hall–Kier alpha value is -2.63. The van der Waals surface area contributed by atoms with Gasteiger partial charge in [-0.2, -0.15) is 0 Å². The van der Waals surface area contributed by atoms with E-state index in [2.05, 4.69) is 10.3 Å². The predicted octanol–water partition coefficient (Wildman–Crippen LogP) is 5.14. The Morgan fingerprint density at radius 1 is 1.19 bits per heavy atom. The van der Waals surface area contributed by atoms with Crippen LogP contribution in [0.2, 0.25) is 5.02 Å². The maximum Gasteiger partial charge on any atom is 0.226 e. The molecule has 0 aliphatic heterocycles. The summed E-state index contributed by atoms with van der Waals surface area (Å²) in [7, 11) is 0. The fourth-order valence-electron chi connectivity index (χ4n) is 3.07. The first kappa shape index (κ1) is 17.8. The van der Waals surface area contributed by atoms with Crippen LogP contribution in [0.4, 0.5) is 0 Å². The van der Waals surface area contributed by atoms with Gasteiger partial charge in [0.25, 0.3) is 0 Å². The van der Waals surface area contributed by atoms with Crippen molar-refractivity contribution in [3.05, 3.63) is 82.5 Å². The molecule has 0 saturated carbocycles. The number of nitrogens with one attached hydrogen (secondary N) is 1. The summed E-state index contributed by atoms with van der Waals surface area (Å²) in [5.41, 5.74) is 3.82. The van der Waals surface area contributed by atoms with Gasteiger partial charge >= 0.3 is 0 Å². The Morgan fingerprint density at radius 3 is 2.70 bits per heavy atom. The van der Waals surface area contributed by atoms with Gasteiger partial charge in [-0.3, -0.25) is 9.20 Å². The lowest BCUT2D eigenvalue weighted by Crippen LogP contribution is -2.28. The Morgan fingerprint density at radius 2 is 1.93 bits per heavy atom. The van der Waals surface area contributed by atoms with Gasteiger partial charge in [0.15, 0.2) is 4.96 Å². The van der Waals surface area contributed by atoms with Gasteiger partial charge < -0.3 is 5.32 Å². The van der Waals surface area contributed by atoms with Crippen LogP contribution in [-0.4, -0.2) is 15.3 Å². The summed E-state index contributed by atoms with van der Waals surface area (Å²) in [6, 6.07) is 17.4. The molecule has 2 aromatic carbocycles. The molecule has 1 amide bonds. The van der Waals surface area contributed by atoms with Crippen molar-refractivity contribution in [3.8, 4) is 11.3 Å². The third-order valence-electron chi connectivity index (χ3n) is 4.44. The number of aromatic nitrogens is 2. The molecular formula is C21H18ClN3OS. The van der Waals surface area contributed by atoms with Crippen LogP contribution in [-0.2, 0) is 11.2 Å². The lowest BCUT2D eigenvalue weighted by Gasteiger charge is -2.15. The number of benzene rings is 2. The summed E-state index contributed by atoms with van der Waals surface area (Å²) >= 11 is 7.76. The maximum absolute atomic E-state index is 12.5. The molecule has 0 bridgehead atoms. The summed E-state index contributed by atoms with van der Waals surface area (Å²) in [5.74, 6) is -0.0444. The summed E-state index contributed by atoms with van der Waals surface area (Å²) < 4.78 is 1.99. The highest BCUT2D eigenvalue weighted by Gasteiger charge is 2.15. The van der Waals surface area contributed by atoms with Gasteiger partial charge in [0.05, 0.1) is 18.2 Å². The third-order valence-corrected chi connectivity index (χ3v) is 5.68. The van der Waals surface area contributed by atoms with Crippen LogP contribution < -0.4 is 5.32 Å². The van der Waals surface area contributed by atoms with Gasteiger partial charge in [0.2, 0.25) is 5.91 Å². The molecule has 0 unspecified atom stereocenters. The average Bonchev–Trinajstić information content (AvgIpc) is 3.25. The van der Waals surface area contributed by atoms with E-state index in [1.165, 1.54) is 11.3 Å². The molecule has 6 heteroatoms. The van der Waals surface area contributed by atoms with Gasteiger partial charge in [-0.1, -0.05) is 60.1 Å². The first-order valence-corrected chi connectivity index (χ1v) is 9.92. The zero-order chi connectivity index (χ0) is 18.8. The second kappa shape index (κ2) is 7.55. The van der Waals surface area contributed by atoms with Crippen LogP contribution in [0.1, 0.15) is 24.2 Å². The van der Waals surface area contributed by atoms with E-state index in [4.69, 9.17) is 11.6 Å². The van der Waals surface area contributed by atoms with Crippen LogP contribution in [0, 0.1) is 0 Å². The first-order valence-electron chi connectivity index (χ1n) is 8.66. The zero-order valence-electron chi connectivity index (χ0n) is 14.7. The number of thiazole rings is 1. The summed E-state index contributed by atoms with van der Waals surface area (Å²) in [4.78, 5) is 18.1. The second-order valence-corrected chi connectivity index (χ2v) is 7.60. The Labute approximate surface area is 166 Å². The average molecular weight is 396 g/mol. The first-order chi connectivity index (χ1) is 13.1. The molecule has 4 rings (SSSR count). The lowest BCUT2D eigenvalue weighted by atomic mass is 10.1. The molecule has 0 aliphatic carbocycles. The molecule has 136 valence electrons. The van der Waals surface area contributed by atoms with Crippen molar-refractivity contribution in [3.63, 3.8) is 0 Å². The Balaban J connectivity index is 1.51. The largest absolute Gasteiger partial charge is 0.349 e. The topological polar surface area (TPSA) is 46.4 Å². The van der Waals surface area contributed by atoms with E-state index < -0.39 is 0 Å². The van der Waals surface area contributed by atoms with Gasteiger partial charge in [-0.25, -0.2) is 4.98 Å². The van der Waals surface area contributed by atoms with E-state index in [1.54, 1.807) is 0 Å². The maximum atomic E-state index is 12.5. The van der Waals surface area contributed by atoms with Crippen molar-refractivity contribution in [2.45, 2.75) is 19.4 Å². The summed E-state index contributed by atoms with van der Waals surface area (Å²) in [6.07, 6.45) is 2.28. The van der Waals surface area contributed by atoms with Crippen LogP contribution in [0.25, 0.3) is 16.2 Å². The van der Waals surface area contributed by atoms with E-state index in [0.29, 0.717) is 11.4 Å². The fourth-order valence-corrected chi connectivity index (χ4v) is 4.24. The van der Waals surface area contributed by atoms with E-state index in [0.717, 1.165) is 27.5 Å². The predicted molar refractivity (Wildman–Crippen MR) is 110 cm³/mol. The van der Waals surface area contributed by atoms with E-state index in [-0.39, 0.29) is 11.9 Å². The van der Waals surface area contributed by atoms with Crippen LogP contribution in [0.15, 0.2) is 66.2 Å². The molecule has 0 fully saturated rings. The normalized spacial score (nSPS) is 12.2. The number of amides is 1. The molecule has 4 nitrogen and oxygen atoms in total. The van der Waals surface area contributed by atoms with Crippen molar-refractivity contribution in [2.24, 2.45) is 0 Å². The van der Waals surface area contributed by atoms with Gasteiger partial charge in [-0.15, -0.1) is 11.3 Å². The molecule has 1 atom stereocenters. The minimum absolute atomic E-state index is 0.0444. The molecule has 4 aromatic rings. The summed E-state index contributed by atoms with van der Waals surface area (Å²) in [5, 5.41) is 5.67. The number of halogens is 1. The smallest absolute Gasteiger partial charge is 0.226 e. The van der Waals surface area contributed by atoms with E-state index >= 15 is 0 Å². The van der Waals surface area contributed by atoms with Crippen LogP contribution >= 0.6 is 22.9 Å². The second-order valence-electron chi connectivity index (χ2n) is 6.36. The van der Waals surface area contributed by atoms with Gasteiger partial charge in [-0.05, 0) is 18.6 Å². The van der Waals surface area contributed by atoms with Crippen molar-refractivity contribution in [1.82, 2.24) is 14.7 Å². The molecule has 2 aromatic heterocycles. The van der Waals surface area contributed by atoms with Gasteiger partial charge in [0.1, 0.15) is 0 Å². The number of rotatable bonds is 5. The number of hydrogen-bond acceptors (Lipinski definition) is 3. The highest BCUT2D eigenvalue weighted by molar-refractivity contribution is 7.15. The molecule has 2 heterocycles. The highest BCUT2D eigenvalue weighted by Crippen LogP contribution is 2.25. The van der Waals surface area contributed by atoms with E-state index in [9.17, 15) is 4.79 Å². The van der Waals surface area contributed by atoms with Crippen molar-refractivity contribution < 1.29 is 4.79 Å². The summed E-state index contributed by atoms with van der Waals surface area (Å²) in [6.45, 7) is 1.94. The minimum Gasteiger partial charge on any atom is -0.349 e. The number of carbonyl (C=O) groups excluding carboxylic acids is 1. The molecule has 0 spiro atoms. The van der Waals surface area contributed by atoms with Crippen molar-refractivity contribution >= 4 is 33.8 Å². The molecule has 27 heavy (non-hydrogen) atoms. The Kier molecular flexibility index (Phi) is 4.97. The molecule has 0 saturated heterocycles. The third kappa shape index (κ3) is 3.75. The van der Waals surface area contributed by atoms with Crippen LogP contribution in [0.5, 0.6) is 0 Å². The van der Waals surface area contributed by atoms with Crippen molar-refractivity contribution in [1.29, 1.82) is 0 Å². The standard InChI is InChI=1S/C21H18ClN3OS/c1-14(17-9-5-6-10-18(17)22)23-20(26)11-16-13-27-21-24-19(12-25(16)21)15-7-3-2-4-8-15/h2-10,12-14H,11H2,1H3,(H,23,26)/t14-/m0/s1.